The highest BCUT2D eigenvalue weighted by Gasteiger charge is 2.41. The summed E-state index contributed by atoms with van der Waals surface area (Å²) in [7, 11) is -3.49. The van der Waals surface area contributed by atoms with Gasteiger partial charge in [-0.25, -0.2) is 13.6 Å². The van der Waals surface area contributed by atoms with Crippen LogP contribution in [0.3, 0.4) is 0 Å². The molecule has 22 heavy (non-hydrogen) atoms. The number of amides is 1. The van der Waals surface area contributed by atoms with Crippen LogP contribution in [0.5, 0.6) is 0 Å². The zero-order valence-electron chi connectivity index (χ0n) is 13.2. The Morgan fingerprint density at radius 2 is 1.95 bits per heavy atom. The van der Waals surface area contributed by atoms with Crippen molar-refractivity contribution >= 4 is 15.9 Å². The summed E-state index contributed by atoms with van der Waals surface area (Å²) in [4.78, 5) is 14.1. The maximum Gasteiger partial charge on any atom is 0.222 e. The van der Waals surface area contributed by atoms with Crippen molar-refractivity contribution in [2.75, 3.05) is 18.8 Å². The van der Waals surface area contributed by atoms with E-state index in [0.29, 0.717) is 19.0 Å². The van der Waals surface area contributed by atoms with Gasteiger partial charge in [0.15, 0.2) is 0 Å². The van der Waals surface area contributed by atoms with Crippen LogP contribution >= 0.6 is 0 Å². The lowest BCUT2D eigenvalue weighted by atomic mass is 9.78. The van der Waals surface area contributed by atoms with E-state index in [1.54, 1.807) is 0 Å². The molecule has 2 N–H and O–H groups in total. The number of hydrogen-bond donors (Lipinski definition) is 1. The molecular formula is C16H24N2O3S. The Bertz CT molecular complexity index is 626. The number of primary sulfonamides is 1. The summed E-state index contributed by atoms with van der Waals surface area (Å²) in [6.45, 7) is 5.72. The van der Waals surface area contributed by atoms with E-state index in [-0.39, 0.29) is 29.9 Å². The Balaban J connectivity index is 1.99. The van der Waals surface area contributed by atoms with Gasteiger partial charge in [-0.3, -0.25) is 4.79 Å². The molecule has 6 heteroatoms. The van der Waals surface area contributed by atoms with Crippen LogP contribution in [0.15, 0.2) is 30.3 Å². The quantitative estimate of drug-likeness (QED) is 0.895. The molecular weight excluding hydrogens is 300 g/mol. The van der Waals surface area contributed by atoms with Gasteiger partial charge in [0, 0.05) is 25.4 Å². The molecule has 1 aromatic carbocycles. The van der Waals surface area contributed by atoms with Gasteiger partial charge >= 0.3 is 0 Å². The molecule has 1 atom stereocenters. The number of nitrogens with zero attached hydrogens (tertiary/aromatic N) is 1. The van der Waals surface area contributed by atoms with E-state index in [1.807, 2.05) is 23.1 Å². The topological polar surface area (TPSA) is 80.5 Å². The predicted octanol–water partition coefficient (Wildman–Crippen LogP) is 1.71. The molecule has 0 radical (unpaired) electrons. The number of carbonyl (C=O) groups is 1. The van der Waals surface area contributed by atoms with Crippen LogP contribution in [0.2, 0.25) is 0 Å². The molecule has 1 amide bonds. The molecule has 0 saturated carbocycles. The minimum atomic E-state index is -3.49. The van der Waals surface area contributed by atoms with Gasteiger partial charge in [0.2, 0.25) is 15.9 Å². The van der Waals surface area contributed by atoms with Crippen molar-refractivity contribution in [1.82, 2.24) is 4.90 Å². The molecule has 1 aromatic rings. The summed E-state index contributed by atoms with van der Waals surface area (Å²) < 4.78 is 21.9. The lowest BCUT2D eigenvalue weighted by Crippen LogP contribution is -2.30. The fourth-order valence-corrected chi connectivity index (χ4v) is 3.70. The lowest BCUT2D eigenvalue weighted by Gasteiger charge is -2.25. The molecule has 0 aliphatic carbocycles. The van der Waals surface area contributed by atoms with E-state index in [4.69, 9.17) is 5.14 Å². The molecule has 0 spiro atoms. The summed E-state index contributed by atoms with van der Waals surface area (Å²) in [6, 6.07) is 10.2. The number of carbonyl (C=O) groups excluding carboxylic acids is 1. The summed E-state index contributed by atoms with van der Waals surface area (Å²) in [5, 5.41) is 4.96. The Morgan fingerprint density at radius 3 is 2.55 bits per heavy atom. The van der Waals surface area contributed by atoms with E-state index >= 15 is 0 Å². The molecule has 0 bridgehead atoms. The van der Waals surface area contributed by atoms with Crippen LogP contribution < -0.4 is 5.14 Å². The summed E-state index contributed by atoms with van der Waals surface area (Å²) in [6.07, 6.45) is 0.513. The van der Waals surface area contributed by atoms with Gasteiger partial charge in [-0.05, 0) is 17.4 Å². The Kier molecular flexibility index (Phi) is 4.92. The minimum absolute atomic E-state index is 0.00940. The van der Waals surface area contributed by atoms with Crippen LogP contribution in [0.25, 0.3) is 0 Å². The third-order valence-corrected chi connectivity index (χ3v) is 5.18. The summed E-state index contributed by atoms with van der Waals surface area (Å²) in [5.41, 5.74) is 1.25. The second-order valence-electron chi connectivity index (χ2n) is 6.70. The SMILES string of the molecule is CC1(C)CN(C(=O)CCCS(N)(=O)=O)C[C@@H]1c1ccccc1. The van der Waals surface area contributed by atoms with E-state index in [9.17, 15) is 13.2 Å². The lowest BCUT2D eigenvalue weighted by molar-refractivity contribution is -0.130. The number of rotatable bonds is 5. The predicted molar refractivity (Wildman–Crippen MR) is 86.8 cm³/mol. The molecule has 5 nitrogen and oxygen atoms in total. The number of likely N-dealkylation sites (tertiary alicyclic amines) is 1. The standard InChI is InChI=1S/C16H24N2O3S/c1-16(2)12-18(15(19)9-6-10-22(17,20)21)11-14(16)13-7-4-3-5-8-13/h3-5,7-8,14H,6,9-12H2,1-2H3,(H2,17,20,21)/t14-/m1/s1. The Morgan fingerprint density at radius 1 is 1.32 bits per heavy atom. The van der Waals surface area contributed by atoms with Gasteiger partial charge < -0.3 is 4.90 Å². The van der Waals surface area contributed by atoms with Gasteiger partial charge in [-0.2, -0.15) is 0 Å². The van der Waals surface area contributed by atoms with Gasteiger partial charge in [0.05, 0.1) is 5.75 Å². The molecule has 1 aliphatic rings. The minimum Gasteiger partial charge on any atom is -0.342 e. The second kappa shape index (κ2) is 6.38. The average Bonchev–Trinajstić information content (AvgIpc) is 2.74. The highest BCUT2D eigenvalue weighted by Crippen LogP contribution is 2.42. The smallest absolute Gasteiger partial charge is 0.222 e. The van der Waals surface area contributed by atoms with Crippen molar-refractivity contribution in [3.63, 3.8) is 0 Å². The fourth-order valence-electron chi connectivity index (χ4n) is 3.15. The van der Waals surface area contributed by atoms with Gasteiger partial charge in [-0.15, -0.1) is 0 Å². The van der Waals surface area contributed by atoms with E-state index < -0.39 is 10.0 Å². The monoisotopic (exact) mass is 324 g/mol. The number of nitrogens with two attached hydrogens (primary N) is 1. The van der Waals surface area contributed by atoms with Crippen LogP contribution in [-0.2, 0) is 14.8 Å². The van der Waals surface area contributed by atoms with E-state index in [0.717, 1.165) is 0 Å². The highest BCUT2D eigenvalue weighted by atomic mass is 32.2. The number of hydrogen-bond acceptors (Lipinski definition) is 3. The van der Waals surface area contributed by atoms with E-state index in [1.165, 1.54) is 5.56 Å². The van der Waals surface area contributed by atoms with Gasteiger partial charge in [-0.1, -0.05) is 44.2 Å². The molecule has 1 aliphatic heterocycles. The maximum atomic E-state index is 12.3. The van der Waals surface area contributed by atoms with Crippen molar-refractivity contribution < 1.29 is 13.2 Å². The van der Waals surface area contributed by atoms with Crippen LogP contribution in [0.1, 0.15) is 38.2 Å². The third kappa shape index (κ3) is 4.30. The first-order valence-electron chi connectivity index (χ1n) is 7.52. The largest absolute Gasteiger partial charge is 0.342 e. The molecule has 0 aromatic heterocycles. The van der Waals surface area contributed by atoms with Crippen molar-refractivity contribution in [3.8, 4) is 0 Å². The van der Waals surface area contributed by atoms with Crippen LogP contribution in [0.4, 0.5) is 0 Å². The third-order valence-electron chi connectivity index (χ3n) is 4.32. The van der Waals surface area contributed by atoms with Crippen molar-refractivity contribution in [2.45, 2.75) is 32.6 Å². The first kappa shape index (κ1) is 17.0. The molecule has 0 unspecified atom stereocenters. The van der Waals surface area contributed by atoms with E-state index in [2.05, 4.69) is 26.0 Å². The number of sulfonamides is 1. The van der Waals surface area contributed by atoms with Crippen molar-refractivity contribution in [3.05, 3.63) is 35.9 Å². The normalized spacial score (nSPS) is 21.0. The van der Waals surface area contributed by atoms with Gasteiger partial charge in [0.25, 0.3) is 0 Å². The van der Waals surface area contributed by atoms with Crippen molar-refractivity contribution in [1.29, 1.82) is 0 Å². The summed E-state index contributed by atoms with van der Waals surface area (Å²) in [5.74, 6) is 0.170. The molecule has 2 rings (SSSR count). The molecule has 1 fully saturated rings. The Hall–Kier alpha value is -1.40. The first-order chi connectivity index (χ1) is 10.2. The maximum absolute atomic E-state index is 12.3. The molecule has 1 heterocycles. The fraction of sp³-hybridized carbons (Fsp3) is 0.562. The second-order valence-corrected chi connectivity index (χ2v) is 8.43. The van der Waals surface area contributed by atoms with Crippen LogP contribution in [0, 0.1) is 5.41 Å². The number of benzene rings is 1. The first-order valence-corrected chi connectivity index (χ1v) is 9.24. The molecule has 1 saturated heterocycles. The molecule has 122 valence electrons. The highest BCUT2D eigenvalue weighted by molar-refractivity contribution is 7.89. The Labute approximate surface area is 132 Å². The average molecular weight is 324 g/mol. The zero-order chi connectivity index (χ0) is 16.4. The van der Waals surface area contributed by atoms with Crippen LogP contribution in [-0.4, -0.2) is 38.1 Å². The van der Waals surface area contributed by atoms with Gasteiger partial charge in [0.1, 0.15) is 0 Å². The zero-order valence-corrected chi connectivity index (χ0v) is 14.0. The van der Waals surface area contributed by atoms with Crippen molar-refractivity contribution in [2.24, 2.45) is 10.6 Å². The summed E-state index contributed by atoms with van der Waals surface area (Å²) >= 11 is 0.